The second kappa shape index (κ2) is 5.60. The van der Waals surface area contributed by atoms with E-state index < -0.39 is 0 Å². The van der Waals surface area contributed by atoms with Gasteiger partial charge in [0.2, 0.25) is 0 Å². The van der Waals surface area contributed by atoms with Crippen LogP contribution in [0.25, 0.3) is 0 Å². The van der Waals surface area contributed by atoms with E-state index in [0.717, 1.165) is 12.8 Å². The number of rotatable bonds is 4. The molecule has 1 aliphatic rings. The molecule has 1 aliphatic heterocycles. The molecule has 0 bridgehead atoms. The topological polar surface area (TPSA) is 32.3 Å². The van der Waals surface area contributed by atoms with Crippen molar-refractivity contribution in [3.63, 3.8) is 0 Å². The Kier molecular flexibility index (Phi) is 4.33. The van der Waals surface area contributed by atoms with Crippen LogP contribution in [0.3, 0.4) is 0 Å². The van der Waals surface area contributed by atoms with Gasteiger partial charge in [-0.3, -0.25) is 0 Å². The highest BCUT2D eigenvalue weighted by atomic mass is 16.3. The number of aliphatic hydroxyl groups excluding tert-OH is 1. The molecule has 0 aromatic carbocycles. The van der Waals surface area contributed by atoms with Crippen LogP contribution >= 0.6 is 0 Å². The molecule has 0 aromatic heterocycles. The van der Waals surface area contributed by atoms with Crippen LogP contribution in [0, 0.1) is 5.92 Å². The van der Waals surface area contributed by atoms with Gasteiger partial charge in [0.05, 0.1) is 0 Å². The summed E-state index contributed by atoms with van der Waals surface area (Å²) in [6.45, 7) is 2.39. The van der Waals surface area contributed by atoms with Gasteiger partial charge in [0, 0.05) is 24.4 Å². The molecule has 2 N–H and O–H groups in total. The lowest BCUT2D eigenvalue weighted by molar-refractivity contribution is 0.263. The zero-order valence-electron chi connectivity index (χ0n) is 8.03. The Bertz CT molecular complexity index is 228. The summed E-state index contributed by atoms with van der Waals surface area (Å²) < 4.78 is 0. The molecule has 13 heavy (non-hydrogen) atoms. The van der Waals surface area contributed by atoms with Crippen molar-refractivity contribution in [2.75, 3.05) is 6.61 Å². The van der Waals surface area contributed by atoms with Gasteiger partial charge in [0.1, 0.15) is 0 Å². The van der Waals surface area contributed by atoms with E-state index in [0.29, 0.717) is 5.92 Å². The summed E-state index contributed by atoms with van der Waals surface area (Å²) in [6.07, 6.45) is 11.9. The third kappa shape index (κ3) is 3.07. The molecule has 0 amide bonds. The van der Waals surface area contributed by atoms with Gasteiger partial charge < -0.3 is 10.4 Å². The van der Waals surface area contributed by atoms with Crippen LogP contribution in [0.2, 0.25) is 0 Å². The van der Waals surface area contributed by atoms with Crippen molar-refractivity contribution in [2.24, 2.45) is 5.92 Å². The molecule has 1 atom stereocenters. The monoisotopic (exact) mass is 179 g/mol. The Labute approximate surface area is 79.7 Å². The zero-order valence-corrected chi connectivity index (χ0v) is 8.03. The van der Waals surface area contributed by atoms with Gasteiger partial charge in [-0.2, -0.15) is 0 Å². The molecule has 1 unspecified atom stereocenters. The van der Waals surface area contributed by atoms with E-state index in [4.69, 9.17) is 5.11 Å². The van der Waals surface area contributed by atoms with Crippen molar-refractivity contribution < 1.29 is 5.11 Å². The molecule has 0 fully saturated rings. The van der Waals surface area contributed by atoms with Gasteiger partial charge in [-0.15, -0.1) is 0 Å². The third-order valence-corrected chi connectivity index (χ3v) is 2.25. The van der Waals surface area contributed by atoms with Crippen molar-refractivity contribution >= 4 is 0 Å². The lowest BCUT2D eigenvalue weighted by atomic mass is 9.98. The molecule has 0 radical (unpaired) electrons. The van der Waals surface area contributed by atoms with Crippen LogP contribution in [-0.4, -0.2) is 11.7 Å². The van der Waals surface area contributed by atoms with Gasteiger partial charge in [-0.25, -0.2) is 0 Å². The maximum atomic E-state index is 8.88. The number of nitrogens with one attached hydrogen (secondary N) is 1. The van der Waals surface area contributed by atoms with Crippen molar-refractivity contribution in [3.05, 3.63) is 36.2 Å². The second-order valence-electron chi connectivity index (χ2n) is 3.13. The van der Waals surface area contributed by atoms with E-state index in [-0.39, 0.29) is 6.61 Å². The van der Waals surface area contributed by atoms with E-state index in [2.05, 4.69) is 18.3 Å². The molecular formula is C11H17NO. The first-order valence-electron chi connectivity index (χ1n) is 4.79. The Hall–Kier alpha value is -1.02. The maximum Gasteiger partial charge on any atom is 0.0437 e. The van der Waals surface area contributed by atoms with Gasteiger partial charge in [0.25, 0.3) is 0 Å². The van der Waals surface area contributed by atoms with Crippen LogP contribution < -0.4 is 5.32 Å². The van der Waals surface area contributed by atoms with Crippen LogP contribution in [0.1, 0.15) is 19.8 Å². The van der Waals surface area contributed by atoms with E-state index in [1.807, 2.05) is 24.4 Å². The lowest BCUT2D eigenvalue weighted by Crippen LogP contribution is -2.15. The van der Waals surface area contributed by atoms with Gasteiger partial charge in [-0.05, 0) is 25.0 Å². The summed E-state index contributed by atoms with van der Waals surface area (Å²) >= 11 is 0. The number of allylic oxidation sites excluding steroid dienone is 5. The number of hydrogen-bond acceptors (Lipinski definition) is 2. The number of hydrogen-bond donors (Lipinski definition) is 2. The van der Waals surface area contributed by atoms with Crippen molar-refractivity contribution in [1.29, 1.82) is 0 Å². The fourth-order valence-corrected chi connectivity index (χ4v) is 1.46. The first-order chi connectivity index (χ1) is 6.38. The van der Waals surface area contributed by atoms with Gasteiger partial charge >= 0.3 is 0 Å². The molecular weight excluding hydrogens is 162 g/mol. The fourth-order valence-electron chi connectivity index (χ4n) is 1.46. The summed E-state index contributed by atoms with van der Waals surface area (Å²) in [5.74, 6) is 0.442. The Morgan fingerprint density at radius 3 is 2.92 bits per heavy atom. The summed E-state index contributed by atoms with van der Waals surface area (Å²) in [6, 6.07) is 0. The molecule has 72 valence electrons. The SMILES string of the molecule is CCC(CCO)C1=CC=CC=CN1. The molecule has 0 spiro atoms. The summed E-state index contributed by atoms with van der Waals surface area (Å²) in [7, 11) is 0. The predicted octanol–water partition coefficient (Wildman–Crippen LogP) is 1.95. The molecule has 0 saturated heterocycles. The van der Waals surface area contributed by atoms with Gasteiger partial charge in [-0.1, -0.05) is 19.1 Å². The van der Waals surface area contributed by atoms with Crippen LogP contribution in [0.4, 0.5) is 0 Å². The Balaban J connectivity index is 2.61. The minimum atomic E-state index is 0.255. The maximum absolute atomic E-state index is 8.88. The molecule has 0 aliphatic carbocycles. The highest BCUT2D eigenvalue weighted by molar-refractivity contribution is 5.22. The molecule has 0 aromatic rings. The second-order valence-corrected chi connectivity index (χ2v) is 3.13. The minimum absolute atomic E-state index is 0.255. The average Bonchev–Trinajstić information content (AvgIpc) is 2.42. The van der Waals surface area contributed by atoms with E-state index in [9.17, 15) is 0 Å². The largest absolute Gasteiger partial charge is 0.396 e. The fraction of sp³-hybridized carbons (Fsp3) is 0.455. The van der Waals surface area contributed by atoms with E-state index in [1.165, 1.54) is 5.70 Å². The molecule has 2 nitrogen and oxygen atoms in total. The normalized spacial score (nSPS) is 17.5. The molecule has 1 heterocycles. The summed E-state index contributed by atoms with van der Waals surface area (Å²) in [5, 5.41) is 12.1. The summed E-state index contributed by atoms with van der Waals surface area (Å²) in [4.78, 5) is 0. The van der Waals surface area contributed by atoms with Crippen molar-refractivity contribution in [1.82, 2.24) is 5.32 Å². The Morgan fingerprint density at radius 2 is 2.23 bits per heavy atom. The number of aliphatic hydroxyl groups is 1. The van der Waals surface area contributed by atoms with Crippen LogP contribution in [0.15, 0.2) is 36.2 Å². The standard InChI is InChI=1S/C11H17NO/c1-2-10(7-9-13)11-6-4-3-5-8-12-11/h3-6,8,10,12-13H,2,7,9H2,1H3. The van der Waals surface area contributed by atoms with E-state index >= 15 is 0 Å². The minimum Gasteiger partial charge on any atom is -0.396 e. The van der Waals surface area contributed by atoms with Crippen molar-refractivity contribution in [2.45, 2.75) is 19.8 Å². The molecule has 0 saturated carbocycles. The zero-order chi connectivity index (χ0) is 9.52. The van der Waals surface area contributed by atoms with Crippen LogP contribution in [-0.2, 0) is 0 Å². The summed E-state index contributed by atoms with van der Waals surface area (Å²) in [5.41, 5.74) is 1.20. The van der Waals surface area contributed by atoms with Crippen molar-refractivity contribution in [3.8, 4) is 0 Å². The van der Waals surface area contributed by atoms with Gasteiger partial charge in [0.15, 0.2) is 0 Å². The first kappa shape index (κ1) is 10.1. The molecule has 1 rings (SSSR count). The quantitative estimate of drug-likeness (QED) is 0.691. The Morgan fingerprint density at radius 1 is 1.38 bits per heavy atom. The first-order valence-corrected chi connectivity index (χ1v) is 4.79. The highest BCUT2D eigenvalue weighted by Crippen LogP contribution is 2.17. The smallest absolute Gasteiger partial charge is 0.0437 e. The molecule has 2 heteroatoms. The highest BCUT2D eigenvalue weighted by Gasteiger charge is 2.10. The van der Waals surface area contributed by atoms with E-state index in [1.54, 1.807) is 0 Å². The predicted molar refractivity (Wildman–Crippen MR) is 55.0 cm³/mol. The average molecular weight is 179 g/mol. The lowest BCUT2D eigenvalue weighted by Gasteiger charge is -2.17. The van der Waals surface area contributed by atoms with Crippen LogP contribution in [0.5, 0.6) is 0 Å². The third-order valence-electron chi connectivity index (χ3n) is 2.25.